The number of carboxylic acids is 2. The molecule has 15 heteroatoms. The normalized spacial score (nSPS) is 10.7. The Morgan fingerprint density at radius 2 is 1.17 bits per heavy atom. The molecule has 2 aromatic rings. The van der Waals surface area contributed by atoms with Crippen molar-refractivity contribution in [3.63, 3.8) is 0 Å². The zero-order chi connectivity index (χ0) is 23.0. The standard InChI is InChI=1S/C7H4BrClO4S.C7H5BrO2.ClHO3S/c8-5-2-1-4(7(10)11)3-6(5)14(9,12)13;8-6-3-1-5(2-4-6)7(9)10;1-5(2,3)4/h1-3H,(H,10,11);1-4H,(H,9,10);(H,2,3,4). The fourth-order valence-corrected chi connectivity index (χ4v) is 3.80. The van der Waals surface area contributed by atoms with Crippen molar-refractivity contribution in [3.8, 4) is 0 Å². The molecule has 0 spiro atoms. The molecule has 0 heterocycles. The maximum absolute atomic E-state index is 11.0. The van der Waals surface area contributed by atoms with E-state index in [1.54, 1.807) is 24.3 Å². The third-order valence-corrected chi connectivity index (χ3v) is 5.38. The number of aromatic carboxylic acids is 2. The molecule has 29 heavy (non-hydrogen) atoms. The maximum Gasteiger partial charge on any atom is 0.353 e. The Bertz CT molecular complexity index is 1080. The molecular formula is C14H10Br2Cl2O9S2. The molecule has 0 aliphatic heterocycles. The molecule has 0 amide bonds. The van der Waals surface area contributed by atoms with Gasteiger partial charge >= 0.3 is 21.3 Å². The van der Waals surface area contributed by atoms with E-state index in [0.29, 0.717) is 5.56 Å². The van der Waals surface area contributed by atoms with Crippen LogP contribution in [-0.2, 0) is 18.4 Å². The van der Waals surface area contributed by atoms with Crippen LogP contribution in [0.2, 0.25) is 0 Å². The topological polar surface area (TPSA) is 163 Å². The Kier molecular flexibility index (Phi) is 11.3. The van der Waals surface area contributed by atoms with Gasteiger partial charge in [0.1, 0.15) is 0 Å². The molecule has 9 nitrogen and oxygen atoms in total. The second kappa shape index (κ2) is 11.8. The Balaban J connectivity index is 0.000000455. The minimum atomic E-state index is -4.19. The molecular weight excluding hydrogens is 607 g/mol. The summed E-state index contributed by atoms with van der Waals surface area (Å²) in [6, 6.07) is 10.1. The minimum Gasteiger partial charge on any atom is -0.478 e. The van der Waals surface area contributed by atoms with E-state index in [1.165, 1.54) is 12.1 Å². The molecule has 160 valence electrons. The highest BCUT2D eigenvalue weighted by atomic mass is 79.9. The molecule has 0 unspecified atom stereocenters. The second-order valence-corrected chi connectivity index (χ2v) is 10.9. The van der Waals surface area contributed by atoms with E-state index in [2.05, 4.69) is 42.5 Å². The monoisotopic (exact) mass is 614 g/mol. The summed E-state index contributed by atoms with van der Waals surface area (Å²) < 4.78 is 48.2. The first-order valence-corrected chi connectivity index (χ1v) is 12.8. The smallest absolute Gasteiger partial charge is 0.353 e. The van der Waals surface area contributed by atoms with E-state index in [4.69, 9.17) is 33.9 Å². The average molecular weight is 617 g/mol. The predicted molar refractivity (Wildman–Crippen MR) is 113 cm³/mol. The number of rotatable bonds is 3. The highest BCUT2D eigenvalue weighted by Gasteiger charge is 2.16. The SMILES string of the molecule is O=C(O)c1ccc(Br)c(S(=O)(=O)Cl)c1.O=C(O)c1ccc(Br)cc1.O=S(=O)(O)Cl. The number of carboxylic acid groups (broad SMARTS) is 2. The molecule has 2 aromatic carbocycles. The van der Waals surface area contributed by atoms with Crippen LogP contribution >= 0.6 is 53.2 Å². The van der Waals surface area contributed by atoms with E-state index < -0.39 is 30.3 Å². The van der Waals surface area contributed by atoms with Crippen molar-refractivity contribution in [1.82, 2.24) is 0 Å². The van der Waals surface area contributed by atoms with Gasteiger partial charge in [-0.1, -0.05) is 15.9 Å². The lowest BCUT2D eigenvalue weighted by molar-refractivity contribution is 0.0686. The Hall–Kier alpha value is -1.22. The molecule has 0 radical (unpaired) electrons. The number of hydrogen-bond donors (Lipinski definition) is 3. The van der Waals surface area contributed by atoms with E-state index in [1.807, 2.05) is 0 Å². The first-order chi connectivity index (χ1) is 13.0. The number of hydrogen-bond acceptors (Lipinski definition) is 6. The summed E-state index contributed by atoms with van der Waals surface area (Å²) in [6.45, 7) is 0. The lowest BCUT2D eigenvalue weighted by Crippen LogP contribution is -2.00. The van der Waals surface area contributed by atoms with Gasteiger partial charge in [-0.25, -0.2) is 18.0 Å². The third-order valence-electron chi connectivity index (χ3n) is 2.53. The van der Waals surface area contributed by atoms with E-state index >= 15 is 0 Å². The summed E-state index contributed by atoms with van der Waals surface area (Å²) in [7, 11) is 1.03. The highest BCUT2D eigenvalue weighted by molar-refractivity contribution is 9.10. The molecule has 0 bridgehead atoms. The fraction of sp³-hybridized carbons (Fsp3) is 0. The third kappa shape index (κ3) is 12.8. The van der Waals surface area contributed by atoms with Gasteiger partial charge in [-0.15, -0.1) is 0 Å². The lowest BCUT2D eigenvalue weighted by Gasteiger charge is -2.01. The molecule has 0 saturated carbocycles. The summed E-state index contributed by atoms with van der Waals surface area (Å²) in [5.74, 6) is -2.11. The van der Waals surface area contributed by atoms with Crippen molar-refractivity contribution >= 4 is 83.5 Å². The van der Waals surface area contributed by atoms with Gasteiger partial charge in [0.2, 0.25) is 0 Å². The molecule has 2 rings (SSSR count). The zero-order valence-electron chi connectivity index (χ0n) is 13.7. The van der Waals surface area contributed by atoms with Gasteiger partial charge in [0.25, 0.3) is 9.05 Å². The number of carbonyl (C=O) groups is 2. The number of halogens is 4. The van der Waals surface area contributed by atoms with Crippen molar-refractivity contribution < 1.29 is 41.2 Å². The molecule has 3 N–H and O–H groups in total. The fourth-order valence-electron chi connectivity index (χ4n) is 1.42. The average Bonchev–Trinajstić information content (AvgIpc) is 2.53. The second-order valence-electron chi connectivity index (χ2n) is 4.61. The molecule has 0 saturated heterocycles. The number of benzene rings is 2. The van der Waals surface area contributed by atoms with Crippen LogP contribution < -0.4 is 0 Å². The van der Waals surface area contributed by atoms with Crippen LogP contribution in [0.4, 0.5) is 0 Å². The zero-order valence-corrected chi connectivity index (χ0v) is 20.0. The Morgan fingerprint density at radius 1 is 0.793 bits per heavy atom. The van der Waals surface area contributed by atoms with E-state index in [0.717, 1.165) is 10.5 Å². The van der Waals surface area contributed by atoms with Crippen LogP contribution in [0.5, 0.6) is 0 Å². The molecule has 0 aliphatic carbocycles. The predicted octanol–water partition coefficient (Wildman–Crippen LogP) is 4.25. The lowest BCUT2D eigenvalue weighted by atomic mass is 10.2. The van der Waals surface area contributed by atoms with Gasteiger partial charge < -0.3 is 10.2 Å². The van der Waals surface area contributed by atoms with Crippen molar-refractivity contribution in [1.29, 1.82) is 0 Å². The van der Waals surface area contributed by atoms with Crippen molar-refractivity contribution in [3.05, 3.63) is 62.5 Å². The summed E-state index contributed by atoms with van der Waals surface area (Å²) >= 11 is 6.16. The summed E-state index contributed by atoms with van der Waals surface area (Å²) in [6.07, 6.45) is 0. The Morgan fingerprint density at radius 3 is 1.52 bits per heavy atom. The molecule has 0 aliphatic rings. The summed E-state index contributed by atoms with van der Waals surface area (Å²) in [5.41, 5.74) is 0.177. The van der Waals surface area contributed by atoms with Crippen molar-refractivity contribution in [2.75, 3.05) is 0 Å². The van der Waals surface area contributed by atoms with Crippen molar-refractivity contribution in [2.24, 2.45) is 0 Å². The molecule has 0 atom stereocenters. The van der Waals surface area contributed by atoms with Crippen LogP contribution in [-0.4, -0.2) is 43.5 Å². The van der Waals surface area contributed by atoms with Crippen LogP contribution in [0, 0.1) is 0 Å². The molecule has 0 fully saturated rings. The van der Waals surface area contributed by atoms with Gasteiger partial charge in [-0.2, -0.15) is 8.42 Å². The maximum atomic E-state index is 11.0. The highest BCUT2D eigenvalue weighted by Crippen LogP contribution is 2.26. The van der Waals surface area contributed by atoms with E-state index in [9.17, 15) is 18.0 Å². The first kappa shape index (κ1) is 27.8. The van der Waals surface area contributed by atoms with Gasteiger partial charge in [0, 0.05) is 30.3 Å². The van der Waals surface area contributed by atoms with Crippen molar-refractivity contribution in [2.45, 2.75) is 4.90 Å². The van der Waals surface area contributed by atoms with Crippen LogP contribution in [0.15, 0.2) is 56.3 Å². The van der Waals surface area contributed by atoms with Crippen LogP contribution in [0.1, 0.15) is 20.7 Å². The summed E-state index contributed by atoms with van der Waals surface area (Å²) in [5, 5.41) is 17.1. The van der Waals surface area contributed by atoms with Gasteiger partial charge in [-0.3, -0.25) is 4.55 Å². The Labute approximate surface area is 191 Å². The molecule has 0 aromatic heterocycles. The minimum absolute atomic E-state index is 0.132. The largest absolute Gasteiger partial charge is 0.478 e. The summed E-state index contributed by atoms with van der Waals surface area (Å²) in [4.78, 5) is 20.6. The van der Waals surface area contributed by atoms with E-state index in [-0.39, 0.29) is 14.9 Å². The quantitative estimate of drug-likeness (QED) is 0.338. The van der Waals surface area contributed by atoms with Crippen LogP contribution in [0.25, 0.3) is 0 Å². The van der Waals surface area contributed by atoms with Gasteiger partial charge in [-0.05, 0) is 58.4 Å². The van der Waals surface area contributed by atoms with Gasteiger partial charge in [0.05, 0.1) is 16.0 Å². The van der Waals surface area contributed by atoms with Crippen LogP contribution in [0.3, 0.4) is 0 Å². The first-order valence-electron chi connectivity index (χ1n) is 6.65. The van der Waals surface area contributed by atoms with Gasteiger partial charge in [0.15, 0.2) is 0 Å².